The largest absolute Gasteiger partial charge is 0.509 e. The minimum absolute atomic E-state index is 0. The van der Waals surface area contributed by atoms with E-state index in [1.165, 1.54) is 22.3 Å². The zero-order valence-electron chi connectivity index (χ0n) is 39.5. The van der Waals surface area contributed by atoms with Gasteiger partial charge in [0, 0.05) is 66.5 Å². The third-order valence-electron chi connectivity index (χ3n) is 12.7. The molecule has 1 aliphatic rings. The molecule has 0 aliphatic carbocycles. The maximum atomic E-state index is 6.89. The second-order valence-corrected chi connectivity index (χ2v) is 20.8. The van der Waals surface area contributed by atoms with Crippen LogP contribution in [-0.2, 0) is 37.3 Å². The third-order valence-corrected chi connectivity index (χ3v) is 12.7. The van der Waals surface area contributed by atoms with Crippen LogP contribution in [0.3, 0.4) is 0 Å². The molecule has 5 nitrogen and oxygen atoms in total. The molecule has 0 unspecified atom stereocenters. The molecule has 0 amide bonds. The van der Waals surface area contributed by atoms with Crippen molar-refractivity contribution >= 4 is 33.2 Å². The maximum absolute atomic E-state index is 6.89. The molecule has 8 aromatic rings. The first-order valence-corrected chi connectivity index (χ1v) is 22.4. The van der Waals surface area contributed by atoms with Crippen molar-refractivity contribution in [1.29, 1.82) is 0 Å². The van der Waals surface area contributed by atoms with Crippen LogP contribution in [0, 0.1) is 24.2 Å². The third kappa shape index (κ3) is 9.05. The van der Waals surface area contributed by atoms with Gasteiger partial charge in [-0.25, -0.2) is 4.98 Å². The summed E-state index contributed by atoms with van der Waals surface area (Å²) in [5.74, 6) is 2.09. The summed E-state index contributed by atoms with van der Waals surface area (Å²) in [6, 6.07) is 57.2. The van der Waals surface area contributed by atoms with Gasteiger partial charge in [-0.2, -0.15) is 6.07 Å². The van der Waals surface area contributed by atoms with Gasteiger partial charge in [-0.15, -0.1) is 53.6 Å². The van der Waals surface area contributed by atoms with Gasteiger partial charge in [-0.05, 0) is 80.6 Å². The molecule has 0 fully saturated rings. The van der Waals surface area contributed by atoms with Crippen molar-refractivity contribution < 1.29 is 25.8 Å². The molecule has 0 radical (unpaired) electrons. The van der Waals surface area contributed by atoms with Crippen molar-refractivity contribution in [2.24, 2.45) is 5.41 Å². The average Bonchev–Trinajstić information content (AvgIpc) is 3.87. The molecule has 65 heavy (non-hydrogen) atoms. The Bertz CT molecular complexity index is 3030. The van der Waals surface area contributed by atoms with Gasteiger partial charge in [0.1, 0.15) is 5.82 Å². The van der Waals surface area contributed by atoms with Gasteiger partial charge >= 0.3 is 0 Å². The Balaban J connectivity index is 0.00000576. The Morgan fingerprint density at radius 1 is 0.538 bits per heavy atom. The molecule has 0 N–H and O–H groups in total. The van der Waals surface area contributed by atoms with Gasteiger partial charge in [0.2, 0.25) is 0 Å². The summed E-state index contributed by atoms with van der Waals surface area (Å²) >= 11 is 0. The van der Waals surface area contributed by atoms with Crippen LogP contribution in [0.5, 0.6) is 11.5 Å². The topological polar surface area (TPSA) is 33.5 Å². The van der Waals surface area contributed by atoms with Crippen molar-refractivity contribution in [3.05, 3.63) is 199 Å². The number of hydrogen-bond acceptors (Lipinski definition) is 4. The molecule has 9 rings (SSSR count). The van der Waals surface area contributed by atoms with Crippen molar-refractivity contribution in [3.63, 3.8) is 0 Å². The van der Waals surface area contributed by atoms with E-state index in [9.17, 15) is 0 Å². The van der Waals surface area contributed by atoms with Crippen molar-refractivity contribution in [3.8, 4) is 28.4 Å². The predicted molar refractivity (Wildman–Crippen MR) is 267 cm³/mol. The van der Waals surface area contributed by atoms with E-state index in [0.717, 1.165) is 55.8 Å². The number of rotatable bonds is 8. The molecule has 0 saturated heterocycles. The molecule has 6 heteroatoms. The molecule has 2 aromatic heterocycles. The van der Waals surface area contributed by atoms with Crippen LogP contribution >= 0.6 is 0 Å². The Labute approximate surface area is 401 Å². The zero-order chi connectivity index (χ0) is 45.2. The monoisotopic (exact) mass is 1030 g/mol. The summed E-state index contributed by atoms with van der Waals surface area (Å²) in [6.45, 7) is 27.0. The summed E-state index contributed by atoms with van der Waals surface area (Å²) in [4.78, 5) is 9.47. The summed E-state index contributed by atoms with van der Waals surface area (Å²) in [5, 5.41) is 2.22. The number of anilines is 2. The molecule has 0 saturated carbocycles. The number of aromatic nitrogens is 2. The second-order valence-electron chi connectivity index (χ2n) is 20.8. The Kier molecular flexibility index (Phi) is 12.0. The number of benzene rings is 6. The summed E-state index contributed by atoms with van der Waals surface area (Å²) < 4.78 is 9.12. The van der Waals surface area contributed by atoms with E-state index in [2.05, 4.69) is 249 Å². The molecule has 0 spiro atoms. The van der Waals surface area contributed by atoms with Crippen molar-refractivity contribution in [2.45, 2.75) is 92.4 Å². The summed E-state index contributed by atoms with van der Waals surface area (Å²) in [5.41, 5.74) is 11.8. The fourth-order valence-corrected chi connectivity index (χ4v) is 8.68. The number of fused-ring (bicyclic) bond motifs is 3. The van der Waals surface area contributed by atoms with Gasteiger partial charge in [0.15, 0.2) is 0 Å². The van der Waals surface area contributed by atoms with Crippen LogP contribution in [0.1, 0.15) is 98.4 Å². The van der Waals surface area contributed by atoms with E-state index in [-0.39, 0.29) is 42.7 Å². The number of nitrogens with zero attached hydrogens (tertiary/aromatic N) is 4. The molecule has 3 heterocycles. The van der Waals surface area contributed by atoms with Crippen molar-refractivity contribution in [1.82, 2.24) is 9.55 Å². The smallest absolute Gasteiger partial charge is 0.135 e. The van der Waals surface area contributed by atoms with Crippen molar-refractivity contribution in [2.75, 3.05) is 9.80 Å². The van der Waals surface area contributed by atoms with Gasteiger partial charge in [-0.3, -0.25) is 0 Å². The SMILES string of the molecule is CC(C)(C)C1=CN(c2cccc(C(C)(C)c3ccccc3)c2)[CH-]N1c1[c-]c(Oc2[c-]c3c(cc2)c2cc(-c4ccccc4)ccc2n3-c2cc(C(C)(C)C)ccn2)cc(C(C)(C)C)c1.[Pt]. The Morgan fingerprint density at radius 2 is 1.23 bits per heavy atom. The van der Waals surface area contributed by atoms with E-state index < -0.39 is 0 Å². The molecular weight excluding hydrogens is 976 g/mol. The number of ether oxygens (including phenoxy) is 1. The second kappa shape index (κ2) is 17.1. The normalized spacial score (nSPS) is 13.6. The number of hydrogen-bond donors (Lipinski definition) is 0. The molecule has 0 atom stereocenters. The average molecular weight is 1040 g/mol. The zero-order valence-corrected chi connectivity index (χ0v) is 41.8. The van der Waals surface area contributed by atoms with Crippen LogP contribution in [0.25, 0.3) is 38.8 Å². The molecule has 1 aliphatic heterocycles. The molecule has 6 aromatic carbocycles. The van der Waals surface area contributed by atoms with Gasteiger partial charge in [0.05, 0.1) is 0 Å². The number of allylic oxidation sites excluding steroid dienone is 1. The predicted octanol–water partition coefficient (Wildman–Crippen LogP) is 15.5. The van der Waals surface area contributed by atoms with E-state index >= 15 is 0 Å². The quantitative estimate of drug-likeness (QED) is 0.142. The Hall–Kier alpha value is -5.90. The van der Waals surface area contributed by atoms with E-state index in [0.29, 0.717) is 11.5 Å². The first-order chi connectivity index (χ1) is 30.3. The minimum atomic E-state index is -0.177. The van der Waals surface area contributed by atoms with E-state index in [1.807, 2.05) is 12.3 Å². The Morgan fingerprint density at radius 3 is 1.92 bits per heavy atom. The first kappa shape index (κ1) is 45.7. The minimum Gasteiger partial charge on any atom is -0.509 e. The van der Waals surface area contributed by atoms with Crippen LogP contribution < -0.4 is 14.5 Å². The first-order valence-electron chi connectivity index (χ1n) is 22.4. The van der Waals surface area contributed by atoms with Crippen LogP contribution in [0.4, 0.5) is 11.4 Å². The fourth-order valence-electron chi connectivity index (χ4n) is 8.68. The van der Waals surface area contributed by atoms with Crippen LogP contribution in [0.15, 0.2) is 158 Å². The number of pyridine rings is 1. The molecule has 0 bridgehead atoms. The fraction of sp³-hybridized carbons (Fsp3) is 0.254. The molecular formula is C59H59N4OPt-3. The standard InChI is InChI=1S/C59H59N4O.Pt/c1-56(2,3)43-29-30-60-55(35-43)63-52-28-25-41(40-19-14-12-15-20-40)31-51(52)50-27-26-48(37-53(50)63)64-49-34-45(57(4,5)6)33-47(36-49)62-39-61(38-54(62)58(7,8)9)46-24-18-23-44(32-46)59(10,11)42-21-16-13-17-22-42;/h12-35,38-39H,1-11H3;/q-3;. The van der Waals surface area contributed by atoms with Gasteiger partial charge < -0.3 is 19.1 Å². The van der Waals surface area contributed by atoms with E-state index in [1.54, 1.807) is 0 Å². The van der Waals surface area contributed by atoms with Gasteiger partial charge in [-0.1, -0.05) is 167 Å². The van der Waals surface area contributed by atoms with Gasteiger partial charge in [0.25, 0.3) is 0 Å². The molecule has 334 valence electrons. The summed E-state index contributed by atoms with van der Waals surface area (Å²) in [7, 11) is 0. The van der Waals surface area contributed by atoms with Crippen LogP contribution in [-0.4, -0.2) is 9.55 Å². The summed E-state index contributed by atoms with van der Waals surface area (Å²) in [6.07, 6.45) is 4.18. The van der Waals surface area contributed by atoms with Crippen LogP contribution in [0.2, 0.25) is 0 Å². The maximum Gasteiger partial charge on any atom is 0.135 e. The van der Waals surface area contributed by atoms with E-state index in [4.69, 9.17) is 9.72 Å².